The predicted octanol–water partition coefficient (Wildman–Crippen LogP) is 1.13. The van der Waals surface area contributed by atoms with E-state index >= 15 is 0 Å². The maximum atomic E-state index is 12.5. The average molecular weight is 350 g/mol. The number of carbonyl (C=O) groups is 1. The first kappa shape index (κ1) is 17.9. The van der Waals surface area contributed by atoms with E-state index in [1.807, 2.05) is 0 Å². The number of aliphatic carboxylic acids is 1. The molecule has 0 heterocycles. The van der Waals surface area contributed by atoms with Crippen LogP contribution in [0.15, 0.2) is 59.5 Å². The number of hydrogen-bond acceptors (Lipinski definition) is 5. The second-order valence-corrected chi connectivity index (χ2v) is 6.76. The molecule has 24 heavy (non-hydrogen) atoms. The molecule has 128 valence electrons. The van der Waals surface area contributed by atoms with Gasteiger partial charge < -0.3 is 15.6 Å². The normalized spacial score (nSPS) is 13.9. The highest BCUT2D eigenvalue weighted by Crippen LogP contribution is 2.22. The Morgan fingerprint density at radius 2 is 1.71 bits per heavy atom. The summed E-state index contributed by atoms with van der Waals surface area (Å²) in [7, 11) is -2.43. The Kier molecular flexibility index (Phi) is 5.55. The molecule has 0 amide bonds. The Hall–Kier alpha value is -2.42. The van der Waals surface area contributed by atoms with Crippen LogP contribution in [0.4, 0.5) is 0 Å². The summed E-state index contributed by atoms with van der Waals surface area (Å²) in [6.45, 7) is 0. The maximum Gasteiger partial charge on any atom is 0.322 e. The summed E-state index contributed by atoms with van der Waals surface area (Å²) in [5.41, 5.74) is 6.11. The lowest BCUT2D eigenvalue weighted by molar-refractivity contribution is -0.139. The van der Waals surface area contributed by atoms with Crippen molar-refractivity contribution in [3.8, 4) is 5.75 Å². The number of hydrogen-bond donors (Lipinski definition) is 3. The fourth-order valence-corrected chi connectivity index (χ4v) is 3.41. The molecule has 0 saturated carbocycles. The number of carboxylic acids is 1. The smallest absolute Gasteiger partial charge is 0.322 e. The molecular weight excluding hydrogens is 332 g/mol. The van der Waals surface area contributed by atoms with Crippen molar-refractivity contribution in [2.24, 2.45) is 5.73 Å². The van der Waals surface area contributed by atoms with Crippen LogP contribution in [-0.4, -0.2) is 32.6 Å². The number of nitrogens with one attached hydrogen (secondary N) is 1. The highest BCUT2D eigenvalue weighted by Gasteiger charge is 2.30. The van der Waals surface area contributed by atoms with Crippen molar-refractivity contribution in [1.82, 2.24) is 4.72 Å². The lowest BCUT2D eigenvalue weighted by atomic mass is 10.0. The average Bonchev–Trinajstić information content (AvgIpc) is 2.60. The number of nitrogens with two attached hydrogens (primary N) is 1. The first-order valence-corrected chi connectivity index (χ1v) is 8.53. The molecule has 4 N–H and O–H groups in total. The predicted molar refractivity (Wildman–Crippen MR) is 88.1 cm³/mol. The first-order valence-electron chi connectivity index (χ1n) is 7.05. The lowest BCUT2D eigenvalue weighted by Crippen LogP contribution is -2.45. The zero-order valence-electron chi connectivity index (χ0n) is 12.9. The van der Waals surface area contributed by atoms with E-state index in [1.54, 1.807) is 42.5 Å². The molecule has 0 aromatic heterocycles. The van der Waals surface area contributed by atoms with Gasteiger partial charge in [-0.2, -0.15) is 0 Å². The Balaban J connectivity index is 2.38. The summed E-state index contributed by atoms with van der Waals surface area (Å²) in [5, 5.41) is 9.20. The van der Waals surface area contributed by atoms with Crippen LogP contribution in [0.2, 0.25) is 0 Å². The quantitative estimate of drug-likeness (QED) is 0.689. The van der Waals surface area contributed by atoms with Gasteiger partial charge in [0.15, 0.2) is 0 Å². The molecule has 0 bridgehead atoms. The fraction of sp³-hybridized carbons (Fsp3) is 0.188. The Morgan fingerprint density at radius 3 is 2.21 bits per heavy atom. The Labute approximate surface area is 140 Å². The van der Waals surface area contributed by atoms with Gasteiger partial charge >= 0.3 is 5.97 Å². The van der Waals surface area contributed by atoms with Crippen LogP contribution < -0.4 is 15.2 Å². The van der Waals surface area contributed by atoms with Crippen LogP contribution in [0, 0.1) is 0 Å². The summed E-state index contributed by atoms with van der Waals surface area (Å²) >= 11 is 0. The number of sulfonamides is 1. The van der Waals surface area contributed by atoms with Crippen molar-refractivity contribution in [2.75, 3.05) is 7.11 Å². The van der Waals surface area contributed by atoms with Gasteiger partial charge in [-0.05, 0) is 29.8 Å². The molecule has 0 aliphatic rings. The monoisotopic (exact) mass is 350 g/mol. The number of methoxy groups -OCH3 is 1. The molecule has 2 aromatic rings. The molecule has 0 aliphatic carbocycles. The van der Waals surface area contributed by atoms with Gasteiger partial charge in [0, 0.05) is 0 Å². The Bertz CT molecular complexity index is 791. The van der Waals surface area contributed by atoms with Crippen molar-refractivity contribution in [3.05, 3.63) is 60.2 Å². The second-order valence-electron chi connectivity index (χ2n) is 5.05. The van der Waals surface area contributed by atoms with Gasteiger partial charge in [-0.3, -0.25) is 4.79 Å². The molecule has 0 saturated heterocycles. The zero-order chi connectivity index (χ0) is 17.7. The molecule has 0 radical (unpaired) electrons. The number of ether oxygens (including phenoxy) is 1. The van der Waals surface area contributed by atoms with E-state index in [0.29, 0.717) is 11.3 Å². The highest BCUT2D eigenvalue weighted by atomic mass is 32.2. The van der Waals surface area contributed by atoms with Crippen molar-refractivity contribution in [1.29, 1.82) is 0 Å². The lowest BCUT2D eigenvalue weighted by Gasteiger charge is -2.23. The summed E-state index contributed by atoms with van der Waals surface area (Å²) < 4.78 is 32.4. The molecular formula is C16H18N2O5S. The van der Waals surface area contributed by atoms with Crippen LogP contribution in [0.3, 0.4) is 0 Å². The van der Waals surface area contributed by atoms with Gasteiger partial charge in [-0.1, -0.05) is 30.3 Å². The zero-order valence-corrected chi connectivity index (χ0v) is 13.7. The third-order valence-corrected chi connectivity index (χ3v) is 4.91. The van der Waals surface area contributed by atoms with Gasteiger partial charge in [-0.15, -0.1) is 0 Å². The van der Waals surface area contributed by atoms with E-state index in [9.17, 15) is 18.3 Å². The standard InChI is InChI=1S/C16H18N2O5S/c1-23-12-9-7-11(8-10-12)15(14(17)16(19)20)18-24(21,22)13-5-3-2-4-6-13/h2-10,14-15,18H,17H2,1H3,(H,19,20)/t14-,15-/m1/s1. The fourth-order valence-electron chi connectivity index (χ4n) is 2.14. The molecule has 0 aliphatic heterocycles. The SMILES string of the molecule is COc1ccc([C@@H](NS(=O)(=O)c2ccccc2)[C@@H](N)C(=O)O)cc1. The molecule has 2 atom stereocenters. The van der Waals surface area contributed by atoms with E-state index in [4.69, 9.17) is 10.5 Å². The van der Waals surface area contributed by atoms with Gasteiger partial charge in [0.25, 0.3) is 0 Å². The van der Waals surface area contributed by atoms with Gasteiger partial charge in [0.05, 0.1) is 18.0 Å². The van der Waals surface area contributed by atoms with Crippen LogP contribution >= 0.6 is 0 Å². The van der Waals surface area contributed by atoms with E-state index in [0.717, 1.165) is 0 Å². The van der Waals surface area contributed by atoms with Crippen LogP contribution in [-0.2, 0) is 14.8 Å². The molecule has 7 nitrogen and oxygen atoms in total. The number of carboxylic acid groups (broad SMARTS) is 1. The van der Waals surface area contributed by atoms with Gasteiger partial charge in [0.1, 0.15) is 11.8 Å². The third-order valence-electron chi connectivity index (χ3n) is 3.45. The van der Waals surface area contributed by atoms with Crippen molar-refractivity contribution >= 4 is 16.0 Å². The van der Waals surface area contributed by atoms with E-state index in [2.05, 4.69) is 4.72 Å². The molecule has 0 unspecified atom stereocenters. The van der Waals surface area contributed by atoms with E-state index in [-0.39, 0.29) is 4.90 Å². The van der Waals surface area contributed by atoms with Crippen molar-refractivity contribution in [3.63, 3.8) is 0 Å². The minimum atomic E-state index is -3.93. The third kappa shape index (κ3) is 4.10. The van der Waals surface area contributed by atoms with Crippen molar-refractivity contribution < 1.29 is 23.1 Å². The second kappa shape index (κ2) is 7.43. The number of benzene rings is 2. The van der Waals surface area contributed by atoms with Gasteiger partial charge in [-0.25, -0.2) is 13.1 Å². The van der Waals surface area contributed by atoms with Crippen LogP contribution in [0.5, 0.6) is 5.75 Å². The molecule has 2 rings (SSSR count). The number of rotatable bonds is 7. The molecule has 2 aromatic carbocycles. The maximum absolute atomic E-state index is 12.5. The van der Waals surface area contributed by atoms with Crippen molar-refractivity contribution in [2.45, 2.75) is 17.0 Å². The summed E-state index contributed by atoms with van der Waals surface area (Å²) in [5.74, 6) is -0.751. The topological polar surface area (TPSA) is 119 Å². The minimum absolute atomic E-state index is 0.0288. The summed E-state index contributed by atoms with van der Waals surface area (Å²) in [6.07, 6.45) is 0. The van der Waals surface area contributed by atoms with Gasteiger partial charge in [0.2, 0.25) is 10.0 Å². The van der Waals surface area contributed by atoms with Crippen LogP contribution in [0.25, 0.3) is 0 Å². The molecule has 0 spiro atoms. The Morgan fingerprint density at radius 1 is 1.12 bits per heavy atom. The molecule has 0 fully saturated rings. The minimum Gasteiger partial charge on any atom is -0.497 e. The largest absolute Gasteiger partial charge is 0.497 e. The first-order chi connectivity index (χ1) is 11.3. The van der Waals surface area contributed by atoms with Crippen LogP contribution in [0.1, 0.15) is 11.6 Å². The van der Waals surface area contributed by atoms with E-state index < -0.39 is 28.1 Å². The van der Waals surface area contributed by atoms with E-state index in [1.165, 1.54) is 19.2 Å². The molecule has 8 heteroatoms. The summed E-state index contributed by atoms with van der Waals surface area (Å²) in [4.78, 5) is 11.3. The highest BCUT2D eigenvalue weighted by molar-refractivity contribution is 7.89. The summed E-state index contributed by atoms with van der Waals surface area (Å²) in [6, 6.07) is 11.4.